The van der Waals surface area contributed by atoms with Gasteiger partial charge in [-0.05, 0) is 29.8 Å². The number of hydrogen-bond donors (Lipinski definition) is 3. The molecule has 0 bridgehead atoms. The van der Waals surface area contributed by atoms with E-state index in [9.17, 15) is 4.79 Å². The van der Waals surface area contributed by atoms with E-state index in [-0.39, 0.29) is 19.1 Å². The number of hydrazone groups is 1. The summed E-state index contributed by atoms with van der Waals surface area (Å²) in [6.45, 7) is 0.185. The van der Waals surface area contributed by atoms with Crippen molar-refractivity contribution in [1.29, 1.82) is 0 Å². The van der Waals surface area contributed by atoms with Crippen molar-refractivity contribution in [2.75, 3.05) is 18.6 Å². The van der Waals surface area contributed by atoms with Crippen molar-refractivity contribution in [3.63, 3.8) is 0 Å². The minimum absolute atomic E-state index is 0.0678. The number of anilines is 1. The van der Waals surface area contributed by atoms with Gasteiger partial charge in [-0.2, -0.15) is 5.10 Å². The third kappa shape index (κ3) is 4.74. The van der Waals surface area contributed by atoms with Crippen molar-refractivity contribution in [3.8, 4) is 0 Å². The SMILES string of the molecule is O=C(NCCO)c1ccc(C=NNc2ccccc2)cc1. The van der Waals surface area contributed by atoms with Crippen LogP contribution in [0.3, 0.4) is 0 Å². The minimum atomic E-state index is -0.199. The molecule has 0 aromatic heterocycles. The Balaban J connectivity index is 1.91. The van der Waals surface area contributed by atoms with E-state index in [1.54, 1.807) is 18.3 Å². The maximum Gasteiger partial charge on any atom is 0.251 e. The summed E-state index contributed by atoms with van der Waals surface area (Å²) < 4.78 is 0. The van der Waals surface area contributed by atoms with Crippen molar-refractivity contribution >= 4 is 17.8 Å². The van der Waals surface area contributed by atoms with Crippen LogP contribution in [0, 0.1) is 0 Å². The Labute approximate surface area is 123 Å². The van der Waals surface area contributed by atoms with Crippen LogP contribution < -0.4 is 10.7 Å². The summed E-state index contributed by atoms with van der Waals surface area (Å²) in [7, 11) is 0. The standard InChI is InChI=1S/C16H17N3O2/c20-11-10-17-16(21)14-8-6-13(7-9-14)12-18-19-15-4-2-1-3-5-15/h1-9,12,19-20H,10-11H2,(H,17,21). The second-order valence-corrected chi connectivity index (χ2v) is 4.34. The number of carbonyl (C=O) groups excluding carboxylic acids is 1. The first-order valence-corrected chi connectivity index (χ1v) is 6.63. The summed E-state index contributed by atoms with van der Waals surface area (Å²) in [4.78, 5) is 11.6. The van der Waals surface area contributed by atoms with E-state index < -0.39 is 0 Å². The van der Waals surface area contributed by atoms with Gasteiger partial charge in [-0.15, -0.1) is 0 Å². The van der Waals surface area contributed by atoms with Crippen molar-refractivity contribution in [1.82, 2.24) is 5.32 Å². The molecule has 0 saturated heterocycles. The molecular formula is C16H17N3O2. The number of hydrogen-bond acceptors (Lipinski definition) is 4. The molecule has 2 rings (SSSR count). The number of nitrogens with one attached hydrogen (secondary N) is 2. The van der Waals surface area contributed by atoms with E-state index in [1.165, 1.54) is 0 Å². The molecule has 0 heterocycles. The lowest BCUT2D eigenvalue weighted by Crippen LogP contribution is -2.26. The fraction of sp³-hybridized carbons (Fsp3) is 0.125. The number of aliphatic hydroxyl groups is 1. The predicted octanol–water partition coefficient (Wildman–Crippen LogP) is 1.85. The molecule has 0 aliphatic heterocycles. The van der Waals surface area contributed by atoms with Gasteiger partial charge in [0.05, 0.1) is 18.5 Å². The van der Waals surface area contributed by atoms with Crippen molar-refractivity contribution in [3.05, 3.63) is 65.7 Å². The molecule has 0 saturated carbocycles. The number of rotatable bonds is 6. The first-order chi connectivity index (χ1) is 10.3. The van der Waals surface area contributed by atoms with Gasteiger partial charge in [-0.25, -0.2) is 0 Å². The normalized spacial score (nSPS) is 10.5. The van der Waals surface area contributed by atoms with E-state index in [0.29, 0.717) is 5.56 Å². The quantitative estimate of drug-likeness (QED) is 0.559. The molecule has 2 aromatic carbocycles. The molecule has 5 heteroatoms. The predicted molar refractivity (Wildman–Crippen MR) is 83.5 cm³/mol. The summed E-state index contributed by atoms with van der Waals surface area (Å²) in [6, 6.07) is 16.7. The van der Waals surface area contributed by atoms with Gasteiger partial charge in [-0.3, -0.25) is 10.2 Å². The lowest BCUT2D eigenvalue weighted by molar-refractivity contribution is 0.0945. The van der Waals surface area contributed by atoms with Crippen LogP contribution in [0.25, 0.3) is 0 Å². The number of benzene rings is 2. The van der Waals surface area contributed by atoms with Gasteiger partial charge in [0, 0.05) is 12.1 Å². The van der Waals surface area contributed by atoms with Gasteiger partial charge >= 0.3 is 0 Å². The van der Waals surface area contributed by atoms with Crippen LogP contribution in [0.4, 0.5) is 5.69 Å². The maximum atomic E-state index is 11.6. The Hall–Kier alpha value is -2.66. The molecule has 0 fully saturated rings. The summed E-state index contributed by atoms with van der Waals surface area (Å²) in [5.74, 6) is -0.199. The average Bonchev–Trinajstić information content (AvgIpc) is 2.54. The maximum absolute atomic E-state index is 11.6. The summed E-state index contributed by atoms with van der Waals surface area (Å²) >= 11 is 0. The highest BCUT2D eigenvalue weighted by molar-refractivity contribution is 5.95. The number of para-hydroxylation sites is 1. The van der Waals surface area contributed by atoms with Crippen LogP contribution >= 0.6 is 0 Å². The second-order valence-electron chi connectivity index (χ2n) is 4.34. The topological polar surface area (TPSA) is 73.7 Å². The van der Waals surface area contributed by atoms with E-state index in [2.05, 4.69) is 15.8 Å². The fourth-order valence-corrected chi connectivity index (χ4v) is 1.69. The van der Waals surface area contributed by atoms with Gasteiger partial charge in [0.15, 0.2) is 0 Å². The zero-order chi connectivity index (χ0) is 14.9. The van der Waals surface area contributed by atoms with Gasteiger partial charge in [0.25, 0.3) is 5.91 Å². The molecule has 2 aromatic rings. The highest BCUT2D eigenvalue weighted by Crippen LogP contribution is 2.05. The van der Waals surface area contributed by atoms with Crippen LogP contribution in [-0.2, 0) is 0 Å². The van der Waals surface area contributed by atoms with E-state index in [1.807, 2.05) is 42.5 Å². The Bertz CT molecular complexity index is 595. The largest absolute Gasteiger partial charge is 0.395 e. The summed E-state index contributed by atoms with van der Waals surface area (Å²) in [6.07, 6.45) is 1.68. The molecule has 5 nitrogen and oxygen atoms in total. The number of aliphatic hydroxyl groups excluding tert-OH is 1. The Kier molecular flexibility index (Phi) is 5.49. The lowest BCUT2D eigenvalue weighted by atomic mass is 10.1. The Morgan fingerprint density at radius 2 is 1.81 bits per heavy atom. The van der Waals surface area contributed by atoms with Crippen LogP contribution in [0.5, 0.6) is 0 Å². The van der Waals surface area contributed by atoms with Crippen molar-refractivity contribution in [2.24, 2.45) is 5.10 Å². The molecule has 0 unspecified atom stereocenters. The van der Waals surface area contributed by atoms with Crippen molar-refractivity contribution < 1.29 is 9.90 Å². The molecule has 0 atom stereocenters. The molecule has 1 amide bonds. The molecule has 0 aliphatic carbocycles. The molecule has 0 radical (unpaired) electrons. The van der Waals surface area contributed by atoms with E-state index >= 15 is 0 Å². The summed E-state index contributed by atoms with van der Waals surface area (Å²) in [5, 5.41) is 15.4. The summed E-state index contributed by atoms with van der Waals surface area (Å²) in [5.41, 5.74) is 5.27. The highest BCUT2D eigenvalue weighted by Gasteiger charge is 2.03. The lowest BCUT2D eigenvalue weighted by Gasteiger charge is -2.03. The first-order valence-electron chi connectivity index (χ1n) is 6.63. The van der Waals surface area contributed by atoms with Gasteiger partial charge in [0.1, 0.15) is 0 Å². The Morgan fingerprint density at radius 1 is 1.10 bits per heavy atom. The average molecular weight is 283 g/mol. The molecule has 0 spiro atoms. The molecule has 3 N–H and O–H groups in total. The third-order valence-corrected chi connectivity index (χ3v) is 2.75. The first kappa shape index (κ1) is 14.7. The van der Waals surface area contributed by atoms with E-state index in [4.69, 9.17) is 5.11 Å². The molecular weight excluding hydrogens is 266 g/mol. The zero-order valence-corrected chi connectivity index (χ0v) is 11.5. The molecule has 0 aliphatic rings. The van der Waals surface area contributed by atoms with Gasteiger partial charge in [-0.1, -0.05) is 30.3 Å². The van der Waals surface area contributed by atoms with E-state index in [0.717, 1.165) is 11.3 Å². The van der Waals surface area contributed by atoms with Crippen LogP contribution in [0.15, 0.2) is 59.7 Å². The zero-order valence-electron chi connectivity index (χ0n) is 11.5. The highest BCUT2D eigenvalue weighted by atomic mass is 16.3. The Morgan fingerprint density at radius 3 is 2.48 bits per heavy atom. The third-order valence-electron chi connectivity index (χ3n) is 2.75. The smallest absolute Gasteiger partial charge is 0.251 e. The minimum Gasteiger partial charge on any atom is -0.395 e. The second kappa shape index (κ2) is 7.81. The van der Waals surface area contributed by atoms with Crippen molar-refractivity contribution in [2.45, 2.75) is 0 Å². The van der Waals surface area contributed by atoms with Gasteiger partial charge in [0.2, 0.25) is 0 Å². The fourth-order valence-electron chi connectivity index (χ4n) is 1.69. The van der Waals surface area contributed by atoms with Gasteiger partial charge < -0.3 is 10.4 Å². The monoisotopic (exact) mass is 283 g/mol. The number of carbonyl (C=O) groups is 1. The molecule has 108 valence electrons. The molecule has 21 heavy (non-hydrogen) atoms. The number of amides is 1. The number of nitrogens with zero attached hydrogens (tertiary/aromatic N) is 1. The van der Waals surface area contributed by atoms with Crippen LogP contribution in [0.2, 0.25) is 0 Å². The van der Waals surface area contributed by atoms with Crippen LogP contribution in [0.1, 0.15) is 15.9 Å². The van der Waals surface area contributed by atoms with Crippen LogP contribution in [-0.4, -0.2) is 30.4 Å².